The van der Waals surface area contributed by atoms with Crippen molar-refractivity contribution in [2.24, 2.45) is 11.8 Å². The lowest BCUT2D eigenvalue weighted by molar-refractivity contribution is 0.233. The fraction of sp³-hybridized carbons (Fsp3) is 0.524. The molecule has 2 fully saturated rings. The van der Waals surface area contributed by atoms with Crippen LogP contribution in [0.4, 0.5) is 11.5 Å². The fourth-order valence-electron chi connectivity index (χ4n) is 4.47. The molecule has 0 atom stereocenters. The molecule has 0 N–H and O–H groups in total. The van der Waals surface area contributed by atoms with Crippen molar-refractivity contribution in [2.75, 3.05) is 36.0 Å². The molecule has 3 heterocycles. The molecule has 1 aromatic carbocycles. The van der Waals surface area contributed by atoms with Crippen molar-refractivity contribution in [1.29, 1.82) is 0 Å². The molecule has 0 spiro atoms. The van der Waals surface area contributed by atoms with E-state index in [1.54, 1.807) is 6.20 Å². The number of halogens is 1. The van der Waals surface area contributed by atoms with E-state index >= 15 is 0 Å². The van der Waals surface area contributed by atoms with Crippen LogP contribution in [0, 0.1) is 18.8 Å². The van der Waals surface area contributed by atoms with Gasteiger partial charge in [0.1, 0.15) is 11.0 Å². The van der Waals surface area contributed by atoms with Gasteiger partial charge in [-0.1, -0.05) is 29.3 Å². The molecule has 138 valence electrons. The minimum absolute atomic E-state index is 0.480. The molecule has 4 rings (SSSR count). The van der Waals surface area contributed by atoms with Crippen LogP contribution >= 0.6 is 11.6 Å². The third-order valence-corrected chi connectivity index (χ3v) is 6.24. The van der Waals surface area contributed by atoms with Crippen LogP contribution in [-0.2, 0) is 0 Å². The Balaban J connectivity index is 1.29. The van der Waals surface area contributed by atoms with Crippen molar-refractivity contribution in [1.82, 2.24) is 9.97 Å². The molecule has 0 saturated carbocycles. The second-order valence-corrected chi connectivity index (χ2v) is 8.07. The third-order valence-electron chi connectivity index (χ3n) is 6.06. The summed E-state index contributed by atoms with van der Waals surface area (Å²) in [5.41, 5.74) is 2.71. The van der Waals surface area contributed by atoms with E-state index < -0.39 is 0 Å². The number of rotatable bonds is 3. The zero-order valence-electron chi connectivity index (χ0n) is 15.4. The van der Waals surface area contributed by atoms with Crippen molar-refractivity contribution in [2.45, 2.75) is 32.6 Å². The Morgan fingerprint density at radius 2 is 1.42 bits per heavy atom. The van der Waals surface area contributed by atoms with E-state index in [0.717, 1.165) is 30.7 Å². The maximum Gasteiger partial charge on any atom is 0.149 e. The summed E-state index contributed by atoms with van der Waals surface area (Å²) >= 11 is 5.98. The fourth-order valence-corrected chi connectivity index (χ4v) is 4.61. The van der Waals surface area contributed by atoms with Crippen LogP contribution in [0.2, 0.25) is 5.15 Å². The van der Waals surface area contributed by atoms with Crippen LogP contribution in [0.5, 0.6) is 0 Å². The van der Waals surface area contributed by atoms with E-state index in [0.29, 0.717) is 5.15 Å². The smallest absolute Gasteiger partial charge is 0.149 e. The van der Waals surface area contributed by atoms with E-state index in [9.17, 15) is 0 Å². The second kappa shape index (κ2) is 7.83. The standard InChI is InChI=1S/C21H27ClN4/c1-16-2-4-19(5-3-16)25-10-6-17(7-11-25)18-8-12-26(13-9-18)21-15-23-14-20(22)24-21/h2-5,14-15,17-18H,6-13H2,1H3. The molecule has 0 bridgehead atoms. The minimum atomic E-state index is 0.480. The van der Waals surface area contributed by atoms with Gasteiger partial charge < -0.3 is 9.80 Å². The maximum absolute atomic E-state index is 5.98. The van der Waals surface area contributed by atoms with E-state index in [1.165, 1.54) is 50.0 Å². The topological polar surface area (TPSA) is 32.3 Å². The first-order valence-corrected chi connectivity index (χ1v) is 10.1. The minimum Gasteiger partial charge on any atom is -0.372 e. The average Bonchev–Trinajstić information content (AvgIpc) is 2.69. The molecule has 0 amide bonds. The van der Waals surface area contributed by atoms with E-state index in [4.69, 9.17) is 11.6 Å². The number of piperidine rings is 2. The van der Waals surface area contributed by atoms with Gasteiger partial charge in [0.15, 0.2) is 0 Å². The summed E-state index contributed by atoms with van der Waals surface area (Å²) in [6.45, 7) is 6.66. The quantitative estimate of drug-likeness (QED) is 0.792. The molecule has 4 nitrogen and oxygen atoms in total. The highest BCUT2D eigenvalue weighted by molar-refractivity contribution is 6.29. The average molecular weight is 371 g/mol. The highest BCUT2D eigenvalue weighted by atomic mass is 35.5. The van der Waals surface area contributed by atoms with Gasteiger partial charge in [0.2, 0.25) is 0 Å². The first kappa shape index (κ1) is 17.6. The summed E-state index contributed by atoms with van der Waals surface area (Å²) in [4.78, 5) is 13.5. The van der Waals surface area contributed by atoms with E-state index in [2.05, 4.69) is 51.0 Å². The Morgan fingerprint density at radius 1 is 0.846 bits per heavy atom. The molecule has 0 unspecified atom stereocenters. The van der Waals surface area contributed by atoms with Crippen LogP contribution < -0.4 is 9.80 Å². The van der Waals surface area contributed by atoms with Crippen LogP contribution in [0.3, 0.4) is 0 Å². The summed E-state index contributed by atoms with van der Waals surface area (Å²) in [6, 6.07) is 8.96. The highest BCUT2D eigenvalue weighted by Gasteiger charge is 2.30. The van der Waals surface area contributed by atoms with Gasteiger partial charge in [0.25, 0.3) is 0 Å². The summed E-state index contributed by atoms with van der Waals surface area (Å²) in [6.07, 6.45) is 8.56. The predicted molar refractivity (Wildman–Crippen MR) is 108 cm³/mol. The molecule has 2 saturated heterocycles. The first-order chi connectivity index (χ1) is 12.7. The Bertz CT molecular complexity index is 717. The molecule has 1 aromatic heterocycles. The molecule has 5 heteroatoms. The van der Waals surface area contributed by atoms with Gasteiger partial charge in [0, 0.05) is 31.9 Å². The molecule has 2 aliphatic heterocycles. The van der Waals surface area contributed by atoms with Gasteiger partial charge in [0.05, 0.1) is 12.4 Å². The Hall–Kier alpha value is -1.81. The Labute approximate surface area is 161 Å². The first-order valence-electron chi connectivity index (χ1n) is 9.73. The third kappa shape index (κ3) is 3.96. The van der Waals surface area contributed by atoms with Crippen LogP contribution in [-0.4, -0.2) is 36.1 Å². The zero-order chi connectivity index (χ0) is 17.9. The number of hydrogen-bond acceptors (Lipinski definition) is 4. The van der Waals surface area contributed by atoms with Crippen LogP contribution in [0.1, 0.15) is 31.2 Å². The number of benzene rings is 1. The molecular formula is C21H27ClN4. The van der Waals surface area contributed by atoms with Gasteiger partial charge in [-0.25, -0.2) is 4.98 Å². The van der Waals surface area contributed by atoms with Crippen molar-refractivity contribution in [3.8, 4) is 0 Å². The number of nitrogens with zero attached hydrogens (tertiary/aromatic N) is 4. The molecule has 2 aromatic rings. The SMILES string of the molecule is Cc1ccc(N2CCC(C3CCN(c4cncc(Cl)n4)CC3)CC2)cc1. The Kier molecular flexibility index (Phi) is 5.30. The molecule has 26 heavy (non-hydrogen) atoms. The van der Waals surface area contributed by atoms with E-state index in [1.807, 2.05) is 6.20 Å². The monoisotopic (exact) mass is 370 g/mol. The number of anilines is 2. The van der Waals surface area contributed by atoms with Crippen molar-refractivity contribution < 1.29 is 0 Å². The summed E-state index contributed by atoms with van der Waals surface area (Å²) in [5, 5.41) is 0.480. The largest absolute Gasteiger partial charge is 0.372 e. The van der Waals surface area contributed by atoms with Gasteiger partial charge >= 0.3 is 0 Å². The van der Waals surface area contributed by atoms with Crippen LogP contribution in [0.25, 0.3) is 0 Å². The lowest BCUT2D eigenvalue weighted by atomic mass is 9.78. The van der Waals surface area contributed by atoms with Gasteiger partial charge in [-0.15, -0.1) is 0 Å². The summed E-state index contributed by atoms with van der Waals surface area (Å²) in [5.74, 6) is 2.63. The predicted octanol–water partition coefficient (Wildman–Crippen LogP) is 4.57. The van der Waals surface area contributed by atoms with Gasteiger partial charge in [-0.05, 0) is 56.6 Å². The zero-order valence-corrected chi connectivity index (χ0v) is 16.2. The summed E-state index contributed by atoms with van der Waals surface area (Å²) in [7, 11) is 0. The van der Waals surface area contributed by atoms with Gasteiger partial charge in [-0.2, -0.15) is 0 Å². The highest BCUT2D eigenvalue weighted by Crippen LogP contribution is 2.34. The number of aromatic nitrogens is 2. The second-order valence-electron chi connectivity index (χ2n) is 7.68. The van der Waals surface area contributed by atoms with Crippen molar-refractivity contribution in [3.63, 3.8) is 0 Å². The lowest BCUT2D eigenvalue weighted by Gasteiger charge is -2.41. The lowest BCUT2D eigenvalue weighted by Crippen LogP contribution is -2.41. The Morgan fingerprint density at radius 3 is 2.00 bits per heavy atom. The number of hydrogen-bond donors (Lipinski definition) is 0. The summed E-state index contributed by atoms with van der Waals surface area (Å²) < 4.78 is 0. The van der Waals surface area contributed by atoms with Crippen molar-refractivity contribution in [3.05, 3.63) is 47.4 Å². The van der Waals surface area contributed by atoms with Crippen LogP contribution in [0.15, 0.2) is 36.7 Å². The van der Waals surface area contributed by atoms with E-state index in [-0.39, 0.29) is 0 Å². The molecule has 2 aliphatic rings. The molecule has 0 aliphatic carbocycles. The number of aryl methyl sites for hydroxylation is 1. The van der Waals surface area contributed by atoms with Gasteiger partial charge in [-0.3, -0.25) is 4.98 Å². The normalized spacial score (nSPS) is 19.8. The molecular weight excluding hydrogens is 344 g/mol. The molecule has 0 radical (unpaired) electrons. The van der Waals surface area contributed by atoms with Crippen molar-refractivity contribution >= 4 is 23.1 Å². The maximum atomic E-state index is 5.98.